The Bertz CT molecular complexity index is 218. The molecular formula is C12H22N2O. The van der Waals surface area contributed by atoms with Crippen molar-refractivity contribution in [3.8, 4) is 0 Å². The van der Waals surface area contributed by atoms with Crippen LogP contribution in [0.25, 0.3) is 0 Å². The molecule has 2 rings (SSSR count). The van der Waals surface area contributed by atoms with E-state index in [-0.39, 0.29) is 0 Å². The van der Waals surface area contributed by atoms with E-state index < -0.39 is 0 Å². The molecule has 1 saturated carbocycles. The molecule has 2 fully saturated rings. The molecule has 0 unspecified atom stereocenters. The molecular weight excluding hydrogens is 188 g/mol. The maximum absolute atomic E-state index is 11.4. The standard InChI is InChI=1S/C12H22N2O/c1-2-14-7-5-10(6-8-14)9-13-12(15)11-3-4-11/h10-11H,2-9H2,1H3,(H,13,15). The van der Waals surface area contributed by atoms with Crippen molar-refractivity contribution >= 4 is 5.91 Å². The summed E-state index contributed by atoms with van der Waals surface area (Å²) in [5, 5.41) is 3.09. The summed E-state index contributed by atoms with van der Waals surface area (Å²) >= 11 is 0. The second-order valence-electron chi connectivity index (χ2n) is 4.90. The van der Waals surface area contributed by atoms with E-state index in [0.717, 1.165) is 25.3 Å². The molecule has 3 heteroatoms. The summed E-state index contributed by atoms with van der Waals surface area (Å²) in [6.07, 6.45) is 4.72. The first-order valence-corrected chi connectivity index (χ1v) is 6.29. The maximum atomic E-state index is 11.4. The van der Waals surface area contributed by atoms with Gasteiger partial charge in [-0.3, -0.25) is 4.79 Å². The Labute approximate surface area is 92.2 Å². The normalized spacial score (nSPS) is 24.1. The zero-order chi connectivity index (χ0) is 10.7. The van der Waals surface area contributed by atoms with Gasteiger partial charge in [0.05, 0.1) is 0 Å². The quantitative estimate of drug-likeness (QED) is 0.757. The van der Waals surface area contributed by atoms with Crippen LogP contribution in [0.5, 0.6) is 0 Å². The smallest absolute Gasteiger partial charge is 0.223 e. The highest BCUT2D eigenvalue weighted by atomic mass is 16.2. The molecule has 1 saturated heterocycles. The number of hydrogen-bond donors (Lipinski definition) is 1. The summed E-state index contributed by atoms with van der Waals surface area (Å²) in [4.78, 5) is 13.9. The third-order valence-corrected chi connectivity index (χ3v) is 3.67. The number of rotatable bonds is 4. The Balaban J connectivity index is 1.61. The fourth-order valence-electron chi connectivity index (χ4n) is 2.24. The summed E-state index contributed by atoms with van der Waals surface area (Å²) in [5.41, 5.74) is 0. The van der Waals surface area contributed by atoms with Crippen LogP contribution in [0.1, 0.15) is 32.6 Å². The van der Waals surface area contributed by atoms with E-state index in [2.05, 4.69) is 17.1 Å². The lowest BCUT2D eigenvalue weighted by molar-refractivity contribution is -0.122. The second kappa shape index (κ2) is 4.97. The van der Waals surface area contributed by atoms with E-state index in [0.29, 0.717) is 11.8 Å². The molecule has 15 heavy (non-hydrogen) atoms. The second-order valence-corrected chi connectivity index (χ2v) is 4.90. The Morgan fingerprint density at radius 2 is 1.93 bits per heavy atom. The largest absolute Gasteiger partial charge is 0.356 e. The number of likely N-dealkylation sites (tertiary alicyclic amines) is 1. The van der Waals surface area contributed by atoms with Crippen LogP contribution in [-0.2, 0) is 4.79 Å². The third kappa shape index (κ3) is 3.20. The Morgan fingerprint density at radius 3 is 2.47 bits per heavy atom. The summed E-state index contributed by atoms with van der Waals surface area (Å²) in [5.74, 6) is 1.38. The third-order valence-electron chi connectivity index (χ3n) is 3.67. The van der Waals surface area contributed by atoms with Gasteiger partial charge >= 0.3 is 0 Å². The van der Waals surface area contributed by atoms with Crippen LogP contribution in [0.2, 0.25) is 0 Å². The predicted molar refractivity (Wildman–Crippen MR) is 60.6 cm³/mol. The SMILES string of the molecule is CCN1CCC(CNC(=O)C2CC2)CC1. The van der Waals surface area contributed by atoms with Crippen molar-refractivity contribution in [2.75, 3.05) is 26.2 Å². The molecule has 2 aliphatic rings. The van der Waals surface area contributed by atoms with Crippen LogP contribution >= 0.6 is 0 Å². The van der Waals surface area contributed by atoms with Crippen LogP contribution in [0, 0.1) is 11.8 Å². The van der Waals surface area contributed by atoms with Gasteiger partial charge in [0, 0.05) is 12.5 Å². The minimum absolute atomic E-state index is 0.299. The van der Waals surface area contributed by atoms with E-state index in [9.17, 15) is 4.79 Å². The van der Waals surface area contributed by atoms with Crippen LogP contribution in [-0.4, -0.2) is 37.0 Å². The van der Waals surface area contributed by atoms with Gasteiger partial charge in [0.15, 0.2) is 0 Å². The molecule has 0 bridgehead atoms. The molecule has 0 atom stereocenters. The van der Waals surface area contributed by atoms with Crippen molar-refractivity contribution in [2.45, 2.75) is 32.6 Å². The van der Waals surface area contributed by atoms with Gasteiger partial charge in [0.2, 0.25) is 5.91 Å². The van der Waals surface area contributed by atoms with Crippen molar-refractivity contribution in [1.82, 2.24) is 10.2 Å². The van der Waals surface area contributed by atoms with Crippen molar-refractivity contribution in [3.05, 3.63) is 0 Å². The predicted octanol–water partition coefficient (Wildman–Crippen LogP) is 1.24. The minimum Gasteiger partial charge on any atom is -0.356 e. The zero-order valence-corrected chi connectivity index (χ0v) is 9.67. The van der Waals surface area contributed by atoms with Gasteiger partial charge < -0.3 is 10.2 Å². The number of nitrogens with one attached hydrogen (secondary N) is 1. The lowest BCUT2D eigenvalue weighted by Crippen LogP contribution is -2.38. The number of amides is 1. The van der Waals surface area contributed by atoms with Crippen molar-refractivity contribution < 1.29 is 4.79 Å². The first-order chi connectivity index (χ1) is 7.29. The van der Waals surface area contributed by atoms with Crippen molar-refractivity contribution in [2.24, 2.45) is 11.8 Å². The van der Waals surface area contributed by atoms with Gasteiger partial charge in [0.1, 0.15) is 0 Å². The van der Waals surface area contributed by atoms with Gasteiger partial charge in [-0.1, -0.05) is 6.92 Å². The summed E-state index contributed by atoms with van der Waals surface area (Å²) in [6, 6.07) is 0. The lowest BCUT2D eigenvalue weighted by atomic mass is 9.97. The van der Waals surface area contributed by atoms with Crippen LogP contribution in [0.3, 0.4) is 0 Å². The van der Waals surface area contributed by atoms with E-state index in [4.69, 9.17) is 0 Å². The van der Waals surface area contributed by atoms with Gasteiger partial charge in [-0.05, 0) is 51.2 Å². The molecule has 1 aliphatic carbocycles. The highest BCUT2D eigenvalue weighted by Gasteiger charge is 2.29. The summed E-state index contributed by atoms with van der Waals surface area (Å²) < 4.78 is 0. The van der Waals surface area contributed by atoms with Crippen LogP contribution < -0.4 is 5.32 Å². The first kappa shape index (κ1) is 10.9. The highest BCUT2D eigenvalue weighted by Crippen LogP contribution is 2.28. The van der Waals surface area contributed by atoms with Crippen molar-refractivity contribution in [3.63, 3.8) is 0 Å². The van der Waals surface area contributed by atoms with E-state index in [1.165, 1.54) is 32.5 Å². The Hall–Kier alpha value is -0.570. The lowest BCUT2D eigenvalue weighted by Gasteiger charge is -2.31. The molecule has 0 aromatic carbocycles. The summed E-state index contributed by atoms with van der Waals surface area (Å²) in [7, 11) is 0. The molecule has 0 aromatic rings. The monoisotopic (exact) mass is 210 g/mol. The van der Waals surface area contributed by atoms with E-state index in [1.807, 2.05) is 0 Å². The van der Waals surface area contributed by atoms with E-state index in [1.54, 1.807) is 0 Å². The van der Waals surface area contributed by atoms with Gasteiger partial charge in [0.25, 0.3) is 0 Å². The Morgan fingerprint density at radius 1 is 1.27 bits per heavy atom. The maximum Gasteiger partial charge on any atom is 0.223 e. The van der Waals surface area contributed by atoms with Crippen LogP contribution in [0.15, 0.2) is 0 Å². The highest BCUT2D eigenvalue weighted by molar-refractivity contribution is 5.80. The molecule has 86 valence electrons. The number of carbonyl (C=O) groups excluding carboxylic acids is 1. The van der Waals surface area contributed by atoms with Gasteiger partial charge in [-0.15, -0.1) is 0 Å². The average molecular weight is 210 g/mol. The van der Waals surface area contributed by atoms with Crippen LogP contribution in [0.4, 0.5) is 0 Å². The molecule has 1 amide bonds. The zero-order valence-electron chi connectivity index (χ0n) is 9.67. The topological polar surface area (TPSA) is 32.3 Å². The molecule has 1 heterocycles. The average Bonchev–Trinajstić information content (AvgIpc) is 3.10. The first-order valence-electron chi connectivity index (χ1n) is 6.29. The number of nitrogens with zero attached hydrogens (tertiary/aromatic N) is 1. The molecule has 0 spiro atoms. The van der Waals surface area contributed by atoms with E-state index >= 15 is 0 Å². The minimum atomic E-state index is 0.299. The van der Waals surface area contributed by atoms with Gasteiger partial charge in [-0.25, -0.2) is 0 Å². The molecule has 1 aliphatic heterocycles. The summed E-state index contributed by atoms with van der Waals surface area (Å²) in [6.45, 7) is 6.71. The molecule has 0 aromatic heterocycles. The van der Waals surface area contributed by atoms with Gasteiger partial charge in [-0.2, -0.15) is 0 Å². The number of carbonyl (C=O) groups is 1. The molecule has 3 nitrogen and oxygen atoms in total. The number of piperidine rings is 1. The fraction of sp³-hybridized carbons (Fsp3) is 0.917. The molecule has 1 N–H and O–H groups in total. The fourth-order valence-corrected chi connectivity index (χ4v) is 2.24. The number of hydrogen-bond acceptors (Lipinski definition) is 2. The molecule has 0 radical (unpaired) electrons. The Kier molecular flexibility index (Phi) is 3.62. The van der Waals surface area contributed by atoms with Crippen molar-refractivity contribution in [1.29, 1.82) is 0 Å².